The fourth-order valence-corrected chi connectivity index (χ4v) is 3.47. The fraction of sp³-hybridized carbons (Fsp3) is 0.273. The number of nitrogens with zero attached hydrogens (tertiary/aromatic N) is 1. The molecular weight excluding hydrogens is 359 g/mol. The fourth-order valence-electron chi connectivity index (χ4n) is 3.47. The number of likely N-dealkylation sites (tertiary alicyclic amines) is 1. The molecule has 1 unspecified atom stereocenters. The van der Waals surface area contributed by atoms with E-state index in [-0.39, 0.29) is 17.7 Å². The molecule has 1 aliphatic rings. The lowest BCUT2D eigenvalue weighted by Crippen LogP contribution is -3.05. The molecule has 5 nitrogen and oxygen atoms in total. The number of benzene rings is 2. The van der Waals surface area contributed by atoms with Crippen molar-refractivity contribution >= 4 is 17.4 Å². The van der Waals surface area contributed by atoms with Crippen LogP contribution in [0.25, 0.3) is 5.76 Å². The molecule has 0 spiro atoms. The van der Waals surface area contributed by atoms with Gasteiger partial charge in [-0.1, -0.05) is 54.3 Å². The van der Waals surface area contributed by atoms with Gasteiger partial charge in [0.05, 0.1) is 26.7 Å². The summed E-state index contributed by atoms with van der Waals surface area (Å²) in [4.78, 5) is 28.0. The molecule has 1 N–H and O–H groups in total. The second-order valence-corrected chi connectivity index (χ2v) is 7.17. The topological polar surface area (TPSA) is 64.9 Å². The zero-order valence-corrected chi connectivity index (χ0v) is 15.9. The zero-order chi connectivity index (χ0) is 20.3. The third-order valence-electron chi connectivity index (χ3n) is 4.84. The van der Waals surface area contributed by atoms with Crippen LogP contribution >= 0.6 is 0 Å². The van der Waals surface area contributed by atoms with Crippen molar-refractivity contribution < 1.29 is 24.0 Å². The van der Waals surface area contributed by atoms with Gasteiger partial charge in [-0.3, -0.25) is 9.59 Å². The second-order valence-electron chi connectivity index (χ2n) is 7.17. The van der Waals surface area contributed by atoms with Gasteiger partial charge in [-0.05, 0) is 11.6 Å². The second kappa shape index (κ2) is 8.35. The Hall–Kier alpha value is -2.99. The molecule has 1 heterocycles. The average Bonchev–Trinajstić information content (AvgIpc) is 2.93. The Morgan fingerprint density at radius 1 is 1.07 bits per heavy atom. The van der Waals surface area contributed by atoms with Crippen LogP contribution in [-0.4, -0.2) is 43.8 Å². The van der Waals surface area contributed by atoms with Crippen molar-refractivity contribution in [3.8, 4) is 0 Å². The number of rotatable bonds is 6. The van der Waals surface area contributed by atoms with Crippen LogP contribution in [0.4, 0.5) is 4.39 Å². The summed E-state index contributed by atoms with van der Waals surface area (Å²) in [6, 6.07) is 13.3. The Kier molecular flexibility index (Phi) is 5.90. The average molecular weight is 382 g/mol. The molecule has 1 fully saturated rings. The van der Waals surface area contributed by atoms with Gasteiger partial charge in [-0.2, -0.15) is 0 Å². The van der Waals surface area contributed by atoms with E-state index >= 15 is 0 Å². The zero-order valence-electron chi connectivity index (χ0n) is 15.9. The van der Waals surface area contributed by atoms with Gasteiger partial charge in [0.25, 0.3) is 5.91 Å². The first-order valence-electron chi connectivity index (χ1n) is 9.27. The van der Waals surface area contributed by atoms with E-state index in [9.17, 15) is 19.1 Å². The van der Waals surface area contributed by atoms with Gasteiger partial charge in [0.1, 0.15) is 5.82 Å². The number of quaternary nitrogens is 1. The van der Waals surface area contributed by atoms with Crippen LogP contribution in [0.15, 0.2) is 60.2 Å². The Labute approximate surface area is 163 Å². The Morgan fingerprint density at radius 3 is 2.36 bits per heavy atom. The van der Waals surface area contributed by atoms with Gasteiger partial charge < -0.3 is 14.9 Å². The molecule has 0 bridgehead atoms. The molecular formula is C22H23FN2O3. The summed E-state index contributed by atoms with van der Waals surface area (Å²) in [6.45, 7) is 1.06. The van der Waals surface area contributed by atoms with Gasteiger partial charge in [-0.15, -0.1) is 0 Å². The third kappa shape index (κ3) is 3.82. The predicted octanol–water partition coefficient (Wildman–Crippen LogP) is 0.584. The highest BCUT2D eigenvalue weighted by molar-refractivity contribution is 6.46. The maximum Gasteiger partial charge on any atom is 0.295 e. The van der Waals surface area contributed by atoms with E-state index in [1.165, 1.54) is 28.0 Å². The Balaban J connectivity index is 2.10. The normalized spacial score (nSPS) is 18.9. The summed E-state index contributed by atoms with van der Waals surface area (Å²) in [6.07, 6.45) is 0.638. The summed E-state index contributed by atoms with van der Waals surface area (Å²) in [5.41, 5.74) is 0.288. The van der Waals surface area contributed by atoms with Crippen LogP contribution < -0.4 is 10.0 Å². The molecule has 2 aromatic carbocycles. The number of nitrogens with one attached hydrogen (secondary N) is 1. The third-order valence-corrected chi connectivity index (χ3v) is 4.84. The lowest BCUT2D eigenvalue weighted by atomic mass is 9.95. The van der Waals surface area contributed by atoms with Gasteiger partial charge >= 0.3 is 0 Å². The van der Waals surface area contributed by atoms with E-state index in [0.29, 0.717) is 12.0 Å². The van der Waals surface area contributed by atoms with Gasteiger partial charge in [-0.25, -0.2) is 4.39 Å². The molecule has 146 valence electrons. The van der Waals surface area contributed by atoms with Gasteiger partial charge in [0, 0.05) is 24.1 Å². The molecule has 1 atom stereocenters. The molecule has 1 saturated heterocycles. The molecule has 2 aromatic rings. The van der Waals surface area contributed by atoms with Crippen molar-refractivity contribution in [2.45, 2.75) is 12.5 Å². The first kappa shape index (κ1) is 19.8. The summed E-state index contributed by atoms with van der Waals surface area (Å²) >= 11 is 0. The van der Waals surface area contributed by atoms with Crippen LogP contribution in [0.5, 0.6) is 0 Å². The van der Waals surface area contributed by atoms with Crippen molar-refractivity contribution in [2.75, 3.05) is 27.2 Å². The maximum absolute atomic E-state index is 14.6. The van der Waals surface area contributed by atoms with Crippen molar-refractivity contribution in [3.63, 3.8) is 0 Å². The lowest BCUT2D eigenvalue weighted by Gasteiger charge is -2.28. The Bertz CT molecular complexity index is 909. The highest BCUT2D eigenvalue weighted by atomic mass is 19.1. The minimum Gasteiger partial charge on any atom is -0.872 e. The van der Waals surface area contributed by atoms with Crippen LogP contribution in [-0.2, 0) is 9.59 Å². The highest BCUT2D eigenvalue weighted by Gasteiger charge is 2.44. The smallest absolute Gasteiger partial charge is 0.295 e. The number of Topliss-reactive ketones (excluding diaryl/α,β-unsaturated/α-hetero) is 1. The number of carbonyl (C=O) groups excluding carboxylic acids is 2. The molecule has 28 heavy (non-hydrogen) atoms. The van der Waals surface area contributed by atoms with E-state index in [1.807, 2.05) is 14.1 Å². The van der Waals surface area contributed by atoms with E-state index in [1.54, 1.807) is 36.4 Å². The van der Waals surface area contributed by atoms with Crippen LogP contribution in [0, 0.1) is 5.82 Å². The number of carbonyl (C=O) groups is 2. The monoisotopic (exact) mass is 382 g/mol. The number of hydrogen-bond acceptors (Lipinski definition) is 3. The quantitative estimate of drug-likeness (QED) is 0.452. The largest absolute Gasteiger partial charge is 0.872 e. The summed E-state index contributed by atoms with van der Waals surface area (Å²) < 4.78 is 14.6. The lowest BCUT2D eigenvalue weighted by molar-refractivity contribution is -0.858. The highest BCUT2D eigenvalue weighted by Crippen LogP contribution is 2.39. The summed E-state index contributed by atoms with van der Waals surface area (Å²) in [7, 11) is 3.98. The van der Waals surface area contributed by atoms with E-state index < -0.39 is 29.3 Å². The first-order valence-corrected chi connectivity index (χ1v) is 9.27. The SMILES string of the molecule is C[NH+](C)CCCN1C(=O)C(=O)/C(=C(/[O-])c2ccccc2)C1c1ccccc1F. The number of halogens is 1. The predicted molar refractivity (Wildman–Crippen MR) is 102 cm³/mol. The standard InChI is InChI=1S/C22H23FN2O3/c1-24(2)13-8-14-25-19(16-11-6-7-12-17(16)23)18(21(27)22(25)28)20(26)15-9-4-3-5-10-15/h3-7,9-12,19,26H,8,13-14H2,1-2H3/b20-18+. The molecule has 6 heteroatoms. The van der Waals surface area contributed by atoms with E-state index in [4.69, 9.17) is 0 Å². The van der Waals surface area contributed by atoms with E-state index in [0.717, 1.165) is 6.54 Å². The molecule has 0 aliphatic carbocycles. The summed E-state index contributed by atoms with van der Waals surface area (Å²) in [5.74, 6) is -2.68. The molecule has 0 radical (unpaired) electrons. The van der Waals surface area contributed by atoms with E-state index in [2.05, 4.69) is 0 Å². The number of amides is 1. The molecule has 0 saturated carbocycles. The molecule has 3 rings (SSSR count). The number of hydrogen-bond donors (Lipinski definition) is 1. The van der Waals surface area contributed by atoms with Gasteiger partial charge in [0.2, 0.25) is 5.78 Å². The minimum absolute atomic E-state index is 0.165. The van der Waals surface area contributed by atoms with Crippen molar-refractivity contribution in [2.24, 2.45) is 0 Å². The van der Waals surface area contributed by atoms with Crippen LogP contribution in [0.2, 0.25) is 0 Å². The minimum atomic E-state index is -1.01. The van der Waals surface area contributed by atoms with Crippen LogP contribution in [0.1, 0.15) is 23.6 Å². The maximum atomic E-state index is 14.6. The van der Waals surface area contributed by atoms with Crippen molar-refractivity contribution in [1.29, 1.82) is 0 Å². The van der Waals surface area contributed by atoms with Crippen molar-refractivity contribution in [3.05, 3.63) is 77.1 Å². The molecule has 1 aliphatic heterocycles. The first-order chi connectivity index (χ1) is 13.4. The van der Waals surface area contributed by atoms with Crippen LogP contribution in [0.3, 0.4) is 0 Å². The Morgan fingerprint density at radius 2 is 1.71 bits per heavy atom. The molecule has 1 amide bonds. The number of ketones is 1. The summed E-state index contributed by atoms with van der Waals surface area (Å²) in [5, 5.41) is 13.1. The molecule has 0 aromatic heterocycles. The van der Waals surface area contributed by atoms with Crippen molar-refractivity contribution in [1.82, 2.24) is 4.90 Å². The van der Waals surface area contributed by atoms with Gasteiger partial charge in [0.15, 0.2) is 0 Å².